The predicted molar refractivity (Wildman–Crippen MR) is 43.6 cm³/mol. The number of rotatable bonds is 2. The van der Waals surface area contributed by atoms with Crippen LogP contribution in [0.15, 0.2) is 21.5 Å². The summed E-state index contributed by atoms with van der Waals surface area (Å²) < 4.78 is 4.82. The number of hydrogen-bond acceptors (Lipinski definition) is 5. The van der Waals surface area contributed by atoms with Crippen molar-refractivity contribution in [3.63, 3.8) is 0 Å². The Morgan fingerprint density at radius 1 is 1.75 bits per heavy atom. The molecule has 0 aliphatic rings. The number of thiocyanates is 1. The first-order valence-electron chi connectivity index (χ1n) is 3.05. The lowest BCUT2D eigenvalue weighted by Gasteiger charge is -1.94. The lowest BCUT2D eigenvalue weighted by molar-refractivity contribution is 0.419. The summed E-state index contributed by atoms with van der Waals surface area (Å²) in [5, 5.41) is 18.8. The van der Waals surface area contributed by atoms with Gasteiger partial charge in [-0.25, -0.2) is 0 Å². The zero-order valence-electron chi connectivity index (χ0n) is 5.98. The standard InChI is InChI=1S/C7H5NO3S/c8-4-12-3-5-1-6(9)7(10)2-11-5/h1-2,10H,3H2. The summed E-state index contributed by atoms with van der Waals surface area (Å²) in [4.78, 5) is 10.8. The van der Waals surface area contributed by atoms with Crippen LogP contribution < -0.4 is 5.43 Å². The number of thioether (sulfide) groups is 1. The van der Waals surface area contributed by atoms with Gasteiger partial charge in [0.15, 0.2) is 5.75 Å². The van der Waals surface area contributed by atoms with Crippen molar-refractivity contribution in [1.82, 2.24) is 0 Å². The van der Waals surface area contributed by atoms with E-state index in [2.05, 4.69) is 0 Å². The van der Waals surface area contributed by atoms with Crippen LogP contribution in [0.1, 0.15) is 5.76 Å². The first kappa shape index (κ1) is 8.68. The molecule has 0 spiro atoms. The Kier molecular flexibility index (Phi) is 2.77. The van der Waals surface area contributed by atoms with Gasteiger partial charge in [-0.2, -0.15) is 5.26 Å². The fourth-order valence-corrected chi connectivity index (χ4v) is 0.981. The molecule has 12 heavy (non-hydrogen) atoms. The van der Waals surface area contributed by atoms with Crippen molar-refractivity contribution in [1.29, 1.82) is 5.26 Å². The Morgan fingerprint density at radius 3 is 3.08 bits per heavy atom. The van der Waals surface area contributed by atoms with E-state index in [1.165, 1.54) is 6.07 Å². The Labute approximate surface area is 72.4 Å². The summed E-state index contributed by atoms with van der Waals surface area (Å²) in [6.45, 7) is 0. The van der Waals surface area contributed by atoms with Crippen LogP contribution in [0.4, 0.5) is 0 Å². The fourth-order valence-electron chi connectivity index (χ4n) is 0.623. The highest BCUT2D eigenvalue weighted by Crippen LogP contribution is 2.10. The Balaban J connectivity index is 2.84. The molecule has 1 aromatic heterocycles. The lowest BCUT2D eigenvalue weighted by Crippen LogP contribution is -1.98. The van der Waals surface area contributed by atoms with Crippen LogP contribution >= 0.6 is 11.8 Å². The predicted octanol–water partition coefficient (Wildman–Crippen LogP) is 1.06. The van der Waals surface area contributed by atoms with E-state index in [-0.39, 0.29) is 0 Å². The second-order valence-electron chi connectivity index (χ2n) is 1.98. The fraction of sp³-hybridized carbons (Fsp3) is 0.143. The second-order valence-corrected chi connectivity index (χ2v) is 2.74. The quantitative estimate of drug-likeness (QED) is 0.694. The average molecular weight is 183 g/mol. The highest BCUT2D eigenvalue weighted by Gasteiger charge is 2.00. The zero-order chi connectivity index (χ0) is 8.97. The van der Waals surface area contributed by atoms with Crippen molar-refractivity contribution in [3.05, 3.63) is 28.3 Å². The van der Waals surface area contributed by atoms with Crippen molar-refractivity contribution in [2.75, 3.05) is 0 Å². The largest absolute Gasteiger partial charge is 0.502 e. The van der Waals surface area contributed by atoms with Gasteiger partial charge in [0.05, 0.1) is 5.75 Å². The van der Waals surface area contributed by atoms with Gasteiger partial charge in [-0.15, -0.1) is 0 Å². The van der Waals surface area contributed by atoms with E-state index in [4.69, 9.17) is 14.8 Å². The molecule has 0 fully saturated rings. The molecule has 0 atom stereocenters. The van der Waals surface area contributed by atoms with Gasteiger partial charge >= 0.3 is 0 Å². The molecule has 0 aliphatic carbocycles. The van der Waals surface area contributed by atoms with Gasteiger partial charge in [-0.1, -0.05) is 0 Å². The van der Waals surface area contributed by atoms with Crippen molar-refractivity contribution in [2.24, 2.45) is 0 Å². The summed E-state index contributed by atoms with van der Waals surface area (Å²) in [5.41, 5.74) is -0.491. The molecule has 0 unspecified atom stereocenters. The zero-order valence-corrected chi connectivity index (χ0v) is 6.80. The van der Waals surface area contributed by atoms with Gasteiger partial charge in [-0.05, 0) is 11.8 Å². The van der Waals surface area contributed by atoms with Crippen LogP contribution in [0, 0.1) is 10.7 Å². The van der Waals surface area contributed by atoms with Crippen molar-refractivity contribution >= 4 is 11.8 Å². The summed E-state index contributed by atoms with van der Waals surface area (Å²) in [5.74, 6) is 0.275. The monoisotopic (exact) mass is 183 g/mol. The molecule has 0 aromatic carbocycles. The van der Waals surface area contributed by atoms with E-state index in [0.717, 1.165) is 18.0 Å². The summed E-state index contributed by atoms with van der Waals surface area (Å²) in [6, 6.07) is 1.17. The van der Waals surface area contributed by atoms with E-state index >= 15 is 0 Å². The second kappa shape index (κ2) is 3.83. The molecule has 0 aliphatic heterocycles. The van der Waals surface area contributed by atoms with Crippen LogP contribution in [0.3, 0.4) is 0 Å². The molecular weight excluding hydrogens is 178 g/mol. The number of nitriles is 1. The van der Waals surface area contributed by atoms with Crippen molar-refractivity contribution < 1.29 is 9.52 Å². The van der Waals surface area contributed by atoms with Gasteiger partial charge in [-0.3, -0.25) is 4.79 Å². The Morgan fingerprint density at radius 2 is 2.50 bits per heavy atom. The van der Waals surface area contributed by atoms with E-state index in [1.54, 1.807) is 0 Å². The third kappa shape index (κ3) is 2.04. The van der Waals surface area contributed by atoms with Crippen LogP contribution in [0.5, 0.6) is 5.75 Å². The first-order chi connectivity index (χ1) is 5.74. The average Bonchev–Trinajstić information content (AvgIpc) is 2.07. The molecule has 1 heterocycles. The van der Waals surface area contributed by atoms with E-state index < -0.39 is 11.2 Å². The van der Waals surface area contributed by atoms with E-state index in [1.807, 2.05) is 5.40 Å². The number of aromatic hydroxyl groups is 1. The molecule has 0 radical (unpaired) electrons. The minimum absolute atomic E-state index is 0.312. The molecule has 62 valence electrons. The van der Waals surface area contributed by atoms with E-state index in [0.29, 0.717) is 11.5 Å². The van der Waals surface area contributed by atoms with Crippen LogP contribution in [0.2, 0.25) is 0 Å². The maximum Gasteiger partial charge on any atom is 0.226 e. The topological polar surface area (TPSA) is 74.2 Å². The van der Waals surface area contributed by atoms with Crippen LogP contribution in [0.25, 0.3) is 0 Å². The maximum atomic E-state index is 10.8. The maximum absolute atomic E-state index is 10.8. The summed E-state index contributed by atoms with van der Waals surface area (Å²) in [7, 11) is 0. The SMILES string of the molecule is N#CSCc1cc(=O)c(O)co1. The molecule has 5 heteroatoms. The smallest absolute Gasteiger partial charge is 0.226 e. The van der Waals surface area contributed by atoms with Gasteiger partial charge in [0.2, 0.25) is 5.43 Å². The lowest BCUT2D eigenvalue weighted by atomic mass is 10.4. The normalized spacial score (nSPS) is 9.25. The Hall–Kier alpha value is -1.41. The molecule has 0 saturated heterocycles. The third-order valence-electron chi connectivity index (χ3n) is 1.15. The van der Waals surface area contributed by atoms with Crippen molar-refractivity contribution in [2.45, 2.75) is 5.75 Å². The number of nitrogens with zero attached hydrogens (tertiary/aromatic N) is 1. The van der Waals surface area contributed by atoms with E-state index in [9.17, 15) is 4.79 Å². The van der Waals surface area contributed by atoms with Gasteiger partial charge in [0, 0.05) is 6.07 Å². The highest BCUT2D eigenvalue weighted by atomic mass is 32.2. The van der Waals surface area contributed by atoms with Gasteiger partial charge in [0.25, 0.3) is 0 Å². The molecule has 1 aromatic rings. The highest BCUT2D eigenvalue weighted by molar-refractivity contribution is 8.02. The molecule has 1 N–H and O–H groups in total. The summed E-state index contributed by atoms with van der Waals surface area (Å²) >= 11 is 0.967. The number of hydrogen-bond donors (Lipinski definition) is 1. The van der Waals surface area contributed by atoms with Crippen LogP contribution in [-0.2, 0) is 5.75 Å². The molecule has 4 nitrogen and oxygen atoms in total. The molecule has 1 rings (SSSR count). The summed E-state index contributed by atoms with van der Waals surface area (Å²) in [6.07, 6.45) is 0.968. The third-order valence-corrected chi connectivity index (χ3v) is 1.70. The Bertz CT molecular complexity index is 366. The van der Waals surface area contributed by atoms with Crippen molar-refractivity contribution in [3.8, 4) is 11.2 Å². The molecule has 0 amide bonds. The minimum Gasteiger partial charge on any atom is -0.502 e. The first-order valence-corrected chi connectivity index (χ1v) is 4.04. The minimum atomic E-state index is -0.491. The molecule has 0 saturated carbocycles. The van der Waals surface area contributed by atoms with Gasteiger partial charge in [0.1, 0.15) is 17.4 Å². The van der Waals surface area contributed by atoms with Gasteiger partial charge < -0.3 is 9.52 Å². The molecule has 0 bridgehead atoms. The molecular formula is C7H5NO3S. The van der Waals surface area contributed by atoms with Crippen LogP contribution in [-0.4, -0.2) is 5.11 Å².